The number of ether oxygens (including phenoxy) is 2. The number of fused-ring (bicyclic) bond motifs is 1. The van der Waals surface area contributed by atoms with E-state index in [2.05, 4.69) is 21.0 Å². The highest BCUT2D eigenvalue weighted by molar-refractivity contribution is 9.10. The molecular formula is C24H26BrN3O4. The van der Waals surface area contributed by atoms with Gasteiger partial charge < -0.3 is 9.47 Å². The van der Waals surface area contributed by atoms with Gasteiger partial charge >= 0.3 is 5.97 Å². The minimum atomic E-state index is -0.703. The average molecular weight is 500 g/mol. The smallest absolute Gasteiger partial charge is 0.347 e. The highest BCUT2D eigenvalue weighted by Crippen LogP contribution is 2.23. The first-order chi connectivity index (χ1) is 15.1. The van der Waals surface area contributed by atoms with Crippen LogP contribution in [0.1, 0.15) is 46.0 Å². The van der Waals surface area contributed by atoms with Gasteiger partial charge in [-0.2, -0.15) is 9.78 Å². The Bertz CT molecular complexity index is 1210. The zero-order valence-corrected chi connectivity index (χ0v) is 20.3. The lowest BCUT2D eigenvalue weighted by Crippen LogP contribution is -2.29. The standard InChI is InChI=1S/C24H26BrN3O4/c1-6-31-22(30)15(2)32-18-10-7-16(8-11-18)14-26-28-21(29)19-13-17(25)9-12-20(19)27-23(28)24(3,4)5/h7-15H,6H2,1-5H3/t15-/m1/s1. The number of halogens is 1. The van der Waals surface area contributed by atoms with E-state index in [-0.39, 0.29) is 5.56 Å². The van der Waals surface area contributed by atoms with Crippen LogP contribution in [-0.4, -0.2) is 34.6 Å². The number of nitrogens with zero attached hydrogens (tertiary/aromatic N) is 3. The number of carbonyl (C=O) groups excluding carboxylic acids is 1. The van der Waals surface area contributed by atoms with Crippen LogP contribution in [0.25, 0.3) is 10.9 Å². The summed E-state index contributed by atoms with van der Waals surface area (Å²) in [6, 6.07) is 12.5. The number of hydrogen-bond donors (Lipinski definition) is 0. The number of benzene rings is 2. The van der Waals surface area contributed by atoms with Crippen molar-refractivity contribution in [1.29, 1.82) is 0 Å². The molecule has 0 N–H and O–H groups in total. The van der Waals surface area contributed by atoms with E-state index in [1.165, 1.54) is 4.68 Å². The van der Waals surface area contributed by atoms with Crippen LogP contribution < -0.4 is 10.3 Å². The van der Waals surface area contributed by atoms with Gasteiger partial charge in [0.1, 0.15) is 11.6 Å². The molecule has 1 aromatic heterocycles. The maximum Gasteiger partial charge on any atom is 0.347 e. The Morgan fingerprint density at radius 3 is 2.53 bits per heavy atom. The molecule has 3 rings (SSSR count). The normalized spacial score (nSPS) is 12.8. The van der Waals surface area contributed by atoms with Gasteiger partial charge in [-0.05, 0) is 61.9 Å². The molecule has 1 atom stereocenters. The van der Waals surface area contributed by atoms with Crippen molar-refractivity contribution in [2.24, 2.45) is 5.10 Å². The maximum atomic E-state index is 13.2. The predicted octanol–water partition coefficient (Wildman–Crippen LogP) is 4.67. The quantitative estimate of drug-likeness (QED) is 0.363. The van der Waals surface area contributed by atoms with Crippen molar-refractivity contribution >= 4 is 39.0 Å². The van der Waals surface area contributed by atoms with Crippen molar-refractivity contribution in [2.45, 2.75) is 46.1 Å². The van der Waals surface area contributed by atoms with Crippen molar-refractivity contribution in [2.75, 3.05) is 6.61 Å². The van der Waals surface area contributed by atoms with Gasteiger partial charge in [0.15, 0.2) is 6.10 Å². The van der Waals surface area contributed by atoms with Gasteiger partial charge in [0.25, 0.3) is 5.56 Å². The Morgan fingerprint density at radius 1 is 1.22 bits per heavy atom. The van der Waals surface area contributed by atoms with E-state index in [4.69, 9.17) is 14.5 Å². The van der Waals surface area contributed by atoms with E-state index in [9.17, 15) is 9.59 Å². The van der Waals surface area contributed by atoms with E-state index in [1.54, 1.807) is 50.4 Å². The predicted molar refractivity (Wildman–Crippen MR) is 129 cm³/mol. The lowest BCUT2D eigenvalue weighted by atomic mass is 9.95. The van der Waals surface area contributed by atoms with Gasteiger partial charge in [-0.1, -0.05) is 36.7 Å². The van der Waals surface area contributed by atoms with Crippen molar-refractivity contribution in [1.82, 2.24) is 9.66 Å². The minimum Gasteiger partial charge on any atom is -0.479 e. The average Bonchev–Trinajstić information content (AvgIpc) is 2.73. The summed E-state index contributed by atoms with van der Waals surface area (Å²) in [4.78, 5) is 29.6. The number of rotatable bonds is 6. The summed E-state index contributed by atoms with van der Waals surface area (Å²) < 4.78 is 12.7. The molecule has 0 saturated carbocycles. The Hall–Kier alpha value is -3.00. The van der Waals surface area contributed by atoms with Gasteiger partial charge in [-0.3, -0.25) is 4.79 Å². The van der Waals surface area contributed by atoms with Crippen LogP contribution in [-0.2, 0) is 14.9 Å². The molecule has 0 aliphatic heterocycles. The molecule has 0 aliphatic rings. The van der Waals surface area contributed by atoms with Crippen molar-refractivity contribution in [3.63, 3.8) is 0 Å². The van der Waals surface area contributed by atoms with Crippen LogP contribution in [0.5, 0.6) is 5.75 Å². The molecule has 168 valence electrons. The number of hydrogen-bond acceptors (Lipinski definition) is 6. The van der Waals surface area contributed by atoms with Crippen LogP contribution in [0.3, 0.4) is 0 Å². The molecule has 32 heavy (non-hydrogen) atoms. The van der Waals surface area contributed by atoms with Crippen LogP contribution >= 0.6 is 15.9 Å². The molecule has 8 heteroatoms. The first-order valence-corrected chi connectivity index (χ1v) is 11.1. The van der Waals surface area contributed by atoms with Crippen molar-refractivity contribution < 1.29 is 14.3 Å². The van der Waals surface area contributed by atoms with Crippen LogP contribution in [0.15, 0.2) is 56.8 Å². The molecule has 0 fully saturated rings. The number of esters is 1. The molecule has 0 amide bonds. The molecule has 0 bridgehead atoms. The Balaban J connectivity index is 1.92. The summed E-state index contributed by atoms with van der Waals surface area (Å²) in [5, 5.41) is 4.94. The van der Waals surface area contributed by atoms with E-state index >= 15 is 0 Å². The van der Waals surface area contributed by atoms with E-state index < -0.39 is 17.5 Å². The van der Waals surface area contributed by atoms with Crippen LogP contribution in [0.4, 0.5) is 0 Å². The zero-order chi connectivity index (χ0) is 23.5. The maximum absolute atomic E-state index is 13.2. The molecule has 3 aromatic rings. The second-order valence-electron chi connectivity index (χ2n) is 8.29. The summed E-state index contributed by atoms with van der Waals surface area (Å²) in [5.41, 5.74) is 0.772. The fourth-order valence-electron chi connectivity index (χ4n) is 3.01. The lowest BCUT2D eigenvalue weighted by molar-refractivity contribution is -0.150. The summed E-state index contributed by atoms with van der Waals surface area (Å²) in [5.74, 6) is 0.687. The molecule has 0 radical (unpaired) electrons. The minimum absolute atomic E-state index is 0.235. The first kappa shape index (κ1) is 23.7. The Labute approximate surface area is 195 Å². The SMILES string of the molecule is CCOC(=O)[C@@H](C)Oc1ccc(C=Nn2c(C(C)(C)C)nc3ccc(Br)cc3c2=O)cc1. The van der Waals surface area contributed by atoms with Crippen LogP contribution in [0.2, 0.25) is 0 Å². The fourth-order valence-corrected chi connectivity index (χ4v) is 3.37. The Kier molecular flexibility index (Phi) is 7.13. The molecule has 1 heterocycles. The summed E-state index contributed by atoms with van der Waals surface area (Å²) in [6.45, 7) is 9.66. The summed E-state index contributed by atoms with van der Waals surface area (Å²) >= 11 is 3.41. The molecule has 0 aliphatic carbocycles. The highest BCUT2D eigenvalue weighted by Gasteiger charge is 2.23. The van der Waals surface area contributed by atoms with Gasteiger partial charge in [-0.25, -0.2) is 9.78 Å². The largest absolute Gasteiger partial charge is 0.479 e. The van der Waals surface area contributed by atoms with Crippen molar-refractivity contribution in [3.05, 3.63) is 68.7 Å². The number of aromatic nitrogens is 2. The van der Waals surface area contributed by atoms with Gasteiger partial charge in [0, 0.05) is 9.89 Å². The third-order valence-electron chi connectivity index (χ3n) is 4.61. The lowest BCUT2D eigenvalue weighted by Gasteiger charge is -2.20. The van der Waals surface area contributed by atoms with Gasteiger partial charge in [0.2, 0.25) is 0 Å². The third kappa shape index (κ3) is 5.43. The second-order valence-corrected chi connectivity index (χ2v) is 9.21. The molecule has 7 nitrogen and oxygen atoms in total. The topological polar surface area (TPSA) is 82.8 Å². The molecule has 2 aromatic carbocycles. The summed E-state index contributed by atoms with van der Waals surface area (Å²) in [7, 11) is 0. The highest BCUT2D eigenvalue weighted by atomic mass is 79.9. The molecule has 0 saturated heterocycles. The van der Waals surface area contributed by atoms with E-state index in [0.717, 1.165) is 10.0 Å². The van der Waals surface area contributed by atoms with Gasteiger partial charge in [-0.15, -0.1) is 0 Å². The monoisotopic (exact) mass is 499 g/mol. The molecular weight excluding hydrogens is 474 g/mol. The van der Waals surface area contributed by atoms with Gasteiger partial charge in [0.05, 0.1) is 23.7 Å². The van der Waals surface area contributed by atoms with Crippen molar-refractivity contribution in [3.8, 4) is 5.75 Å². The third-order valence-corrected chi connectivity index (χ3v) is 5.11. The first-order valence-electron chi connectivity index (χ1n) is 10.3. The number of carbonyl (C=O) groups is 1. The summed E-state index contributed by atoms with van der Waals surface area (Å²) in [6.07, 6.45) is 0.895. The zero-order valence-electron chi connectivity index (χ0n) is 18.8. The Morgan fingerprint density at radius 2 is 1.91 bits per heavy atom. The molecule has 0 spiro atoms. The van der Waals surface area contributed by atoms with Crippen LogP contribution in [0, 0.1) is 0 Å². The second kappa shape index (κ2) is 9.65. The van der Waals surface area contributed by atoms with E-state index in [1.807, 2.05) is 32.9 Å². The van der Waals surface area contributed by atoms with E-state index in [0.29, 0.717) is 29.1 Å². The fraction of sp³-hybridized carbons (Fsp3) is 0.333. The molecule has 0 unspecified atom stereocenters.